The molecule has 0 aromatic heterocycles. The minimum absolute atomic E-state index is 0. The SMILES string of the molecule is CC[S-](=O)=O.[Li+]. The van der Waals surface area contributed by atoms with Crippen molar-refractivity contribution in [2.75, 3.05) is 5.75 Å². The molecule has 0 aromatic carbocycles. The Balaban J connectivity index is 0. The standard InChI is InChI=1S/C2H5O2S.Li/c1-2-5(3)4;/h2H2,1H3;/q-1;+1. The molecule has 0 rings (SSSR count). The van der Waals surface area contributed by atoms with Crippen LogP contribution in [0, 0.1) is 0 Å². The first-order valence-electron chi connectivity index (χ1n) is 1.33. The van der Waals surface area contributed by atoms with Crippen LogP contribution in [0.4, 0.5) is 0 Å². The molecule has 0 aromatic rings. The molecule has 0 aliphatic rings. The van der Waals surface area contributed by atoms with Crippen molar-refractivity contribution < 1.29 is 27.3 Å². The monoisotopic (exact) mass is 100 g/mol. The number of hydrogen-bond donors (Lipinski definition) is 0. The summed E-state index contributed by atoms with van der Waals surface area (Å²) >= 11 is 0. The fraction of sp³-hybridized carbons (Fsp3) is 1.00. The van der Waals surface area contributed by atoms with Gasteiger partial charge in [-0.3, -0.25) is 0 Å². The summed E-state index contributed by atoms with van der Waals surface area (Å²) in [6, 6.07) is 0. The second-order valence-corrected chi connectivity index (χ2v) is 1.78. The van der Waals surface area contributed by atoms with E-state index in [0.717, 1.165) is 0 Å². The summed E-state index contributed by atoms with van der Waals surface area (Å²) < 4.78 is 18.7. The molecule has 4 heteroatoms. The summed E-state index contributed by atoms with van der Waals surface area (Å²) in [6.45, 7) is 1.59. The second-order valence-electron chi connectivity index (χ2n) is 0.592. The molecule has 32 valence electrons. The molecule has 0 amide bonds. The third-order valence-electron chi connectivity index (χ3n) is 0.236. The zero-order valence-electron chi connectivity index (χ0n) is 3.93. The molecule has 0 heterocycles. The molecule has 0 saturated heterocycles. The number of rotatable bonds is 1. The van der Waals surface area contributed by atoms with Crippen LogP contribution < -0.4 is 18.9 Å². The molecule has 0 atom stereocenters. The fourth-order valence-corrected chi connectivity index (χ4v) is 0. The van der Waals surface area contributed by atoms with Gasteiger partial charge in [0.1, 0.15) is 0 Å². The first-order valence-corrected chi connectivity index (χ1v) is 2.57. The van der Waals surface area contributed by atoms with E-state index in [2.05, 4.69) is 0 Å². The van der Waals surface area contributed by atoms with Gasteiger partial charge >= 0.3 is 18.9 Å². The van der Waals surface area contributed by atoms with Crippen LogP contribution in [0.5, 0.6) is 0 Å². The van der Waals surface area contributed by atoms with Gasteiger partial charge in [0.2, 0.25) is 0 Å². The van der Waals surface area contributed by atoms with Crippen LogP contribution in [0.1, 0.15) is 6.92 Å². The van der Waals surface area contributed by atoms with Crippen LogP contribution in [0.2, 0.25) is 0 Å². The van der Waals surface area contributed by atoms with Crippen molar-refractivity contribution >= 4 is 10.7 Å². The van der Waals surface area contributed by atoms with Gasteiger partial charge in [0.25, 0.3) is 0 Å². The summed E-state index contributed by atoms with van der Waals surface area (Å²) in [4.78, 5) is 0. The maximum Gasteiger partial charge on any atom is 1.00 e. The van der Waals surface area contributed by atoms with Gasteiger partial charge in [0.15, 0.2) is 0 Å². The summed E-state index contributed by atoms with van der Waals surface area (Å²) in [7, 11) is -1.82. The minimum atomic E-state index is -1.82. The summed E-state index contributed by atoms with van der Waals surface area (Å²) in [5.74, 6) is 0.222. The molecule has 0 fully saturated rings. The summed E-state index contributed by atoms with van der Waals surface area (Å²) in [6.07, 6.45) is 0. The Morgan fingerprint density at radius 2 is 1.67 bits per heavy atom. The van der Waals surface area contributed by atoms with Crippen LogP contribution in [0.25, 0.3) is 0 Å². The average molecular weight is 100 g/mol. The van der Waals surface area contributed by atoms with E-state index in [0.29, 0.717) is 0 Å². The van der Waals surface area contributed by atoms with E-state index in [1.165, 1.54) is 0 Å². The molecule has 0 saturated carbocycles. The van der Waals surface area contributed by atoms with Crippen LogP contribution >= 0.6 is 0 Å². The molecule has 0 bridgehead atoms. The molecular formula is C2H5LiO2S. The van der Waals surface area contributed by atoms with Crippen LogP contribution in [-0.4, -0.2) is 5.75 Å². The fourth-order valence-electron chi connectivity index (χ4n) is 0. The summed E-state index contributed by atoms with van der Waals surface area (Å²) in [5.41, 5.74) is 0. The van der Waals surface area contributed by atoms with E-state index in [-0.39, 0.29) is 24.6 Å². The van der Waals surface area contributed by atoms with E-state index < -0.39 is 10.7 Å². The summed E-state index contributed by atoms with van der Waals surface area (Å²) in [5, 5.41) is 0. The molecule has 0 unspecified atom stereocenters. The largest absolute Gasteiger partial charge is 1.00 e. The van der Waals surface area contributed by atoms with Crippen LogP contribution in [0.3, 0.4) is 0 Å². The third-order valence-corrected chi connectivity index (χ3v) is 0.707. The molecular weight excluding hydrogens is 95.0 g/mol. The third kappa shape index (κ3) is 8.82. The quantitative estimate of drug-likeness (QED) is 0.266. The Morgan fingerprint density at radius 3 is 1.67 bits per heavy atom. The topological polar surface area (TPSA) is 34.1 Å². The van der Waals surface area contributed by atoms with Gasteiger partial charge in [-0.05, 0) is 0 Å². The van der Waals surface area contributed by atoms with Crippen LogP contribution in [0.15, 0.2) is 0 Å². The molecule has 2 nitrogen and oxygen atoms in total. The Labute approximate surface area is 51.1 Å². The van der Waals surface area contributed by atoms with E-state index in [1.54, 1.807) is 6.92 Å². The van der Waals surface area contributed by atoms with Gasteiger partial charge in [0.05, 0.1) is 0 Å². The molecule has 0 spiro atoms. The first kappa shape index (κ1) is 9.74. The van der Waals surface area contributed by atoms with Crippen LogP contribution in [-0.2, 0) is 19.1 Å². The van der Waals surface area contributed by atoms with E-state index in [1.807, 2.05) is 0 Å². The van der Waals surface area contributed by atoms with Crippen molar-refractivity contribution in [1.29, 1.82) is 0 Å². The van der Waals surface area contributed by atoms with Crippen molar-refractivity contribution in [3.05, 3.63) is 0 Å². The van der Waals surface area contributed by atoms with E-state index >= 15 is 0 Å². The number of hydrogen-bond acceptors (Lipinski definition) is 3. The minimum Gasteiger partial charge on any atom is -0.424 e. The average Bonchev–Trinajstić information content (AvgIpc) is 1.38. The Kier molecular flexibility index (Phi) is 9.01. The Bertz CT molecular complexity index is 69.6. The van der Waals surface area contributed by atoms with Gasteiger partial charge in [-0.2, -0.15) is 0 Å². The molecule has 0 N–H and O–H groups in total. The van der Waals surface area contributed by atoms with Gasteiger partial charge in [0, 0.05) is 0 Å². The predicted octanol–water partition coefficient (Wildman–Crippen LogP) is -2.68. The Hall–Kier alpha value is 0.547. The Morgan fingerprint density at radius 1 is 1.50 bits per heavy atom. The normalized spacial score (nSPS) is 7.67. The van der Waals surface area contributed by atoms with Crippen molar-refractivity contribution in [3.63, 3.8) is 0 Å². The van der Waals surface area contributed by atoms with Gasteiger partial charge in [-0.1, -0.05) is 23.4 Å². The first-order chi connectivity index (χ1) is 2.27. The molecule has 6 heavy (non-hydrogen) atoms. The smallest absolute Gasteiger partial charge is 0.424 e. The van der Waals surface area contributed by atoms with Crippen molar-refractivity contribution in [2.45, 2.75) is 6.92 Å². The molecule has 0 aliphatic carbocycles. The van der Waals surface area contributed by atoms with E-state index in [9.17, 15) is 8.42 Å². The zero-order valence-corrected chi connectivity index (χ0v) is 4.75. The van der Waals surface area contributed by atoms with Crippen molar-refractivity contribution in [2.24, 2.45) is 0 Å². The maximum absolute atomic E-state index is 9.37. The van der Waals surface area contributed by atoms with Gasteiger partial charge in [-0.25, -0.2) is 0 Å². The molecule has 0 radical (unpaired) electrons. The zero-order chi connectivity index (χ0) is 4.28. The van der Waals surface area contributed by atoms with Gasteiger partial charge < -0.3 is 8.42 Å². The predicted molar refractivity (Wildman–Crippen MR) is 19.3 cm³/mol. The van der Waals surface area contributed by atoms with Crippen molar-refractivity contribution in [3.8, 4) is 0 Å². The maximum atomic E-state index is 9.37. The second kappa shape index (κ2) is 5.55. The molecule has 0 aliphatic heterocycles. The van der Waals surface area contributed by atoms with Gasteiger partial charge in [-0.15, -0.1) is 0 Å². The van der Waals surface area contributed by atoms with E-state index in [4.69, 9.17) is 0 Å². The van der Waals surface area contributed by atoms with Crippen molar-refractivity contribution in [1.82, 2.24) is 0 Å².